The summed E-state index contributed by atoms with van der Waals surface area (Å²) in [4.78, 5) is 17.3. The van der Waals surface area contributed by atoms with Gasteiger partial charge in [-0.1, -0.05) is 42.5 Å². The highest BCUT2D eigenvalue weighted by molar-refractivity contribution is 7.92. The van der Waals surface area contributed by atoms with E-state index in [0.717, 1.165) is 28.1 Å². The molecule has 6 nitrogen and oxygen atoms in total. The number of hydrogen-bond acceptors (Lipinski definition) is 5. The fourth-order valence-corrected chi connectivity index (χ4v) is 3.53. The Balaban J connectivity index is 1.53. The molecule has 9 heteroatoms. The first-order chi connectivity index (χ1) is 15.6. The Morgan fingerprint density at radius 1 is 1.03 bits per heavy atom. The van der Waals surface area contributed by atoms with Crippen molar-refractivity contribution >= 4 is 12.3 Å². The zero-order valence-corrected chi connectivity index (χ0v) is 17.8. The van der Waals surface area contributed by atoms with Gasteiger partial charge < -0.3 is 9.30 Å². The van der Waals surface area contributed by atoms with Gasteiger partial charge in [0.25, 0.3) is 5.43 Å². The second-order valence-corrected chi connectivity index (χ2v) is 7.60. The molecule has 0 aliphatic carbocycles. The van der Waals surface area contributed by atoms with Crippen molar-refractivity contribution in [1.29, 1.82) is 0 Å². The Morgan fingerprint density at radius 2 is 1.81 bits per heavy atom. The van der Waals surface area contributed by atoms with E-state index in [1.807, 2.05) is 30.3 Å². The van der Waals surface area contributed by atoms with E-state index < -0.39 is 5.43 Å². The van der Waals surface area contributed by atoms with Crippen LogP contribution in [-0.4, -0.2) is 18.7 Å². The minimum absolute atomic E-state index is 0.00694. The van der Waals surface area contributed by atoms with Gasteiger partial charge in [-0.3, -0.25) is 4.79 Å². The van der Waals surface area contributed by atoms with E-state index in [1.54, 1.807) is 29.1 Å². The molecule has 2 heterocycles. The lowest BCUT2D eigenvalue weighted by atomic mass is 10.1. The lowest BCUT2D eigenvalue weighted by molar-refractivity contribution is 0.301. The summed E-state index contributed by atoms with van der Waals surface area (Å²) < 4.78 is 34.8. The fourth-order valence-electron chi connectivity index (χ4n) is 3.28. The quantitative estimate of drug-likeness (QED) is 0.362. The molecule has 0 spiro atoms. The molecule has 0 unspecified atom stereocenters. The van der Waals surface area contributed by atoms with Crippen molar-refractivity contribution in [2.75, 3.05) is 0 Å². The number of benzene rings is 2. The van der Waals surface area contributed by atoms with Crippen LogP contribution in [0.2, 0.25) is 0 Å². The number of halogens is 2. The molecule has 0 N–H and O–H groups in total. The van der Waals surface area contributed by atoms with Crippen LogP contribution in [-0.2, 0) is 19.6 Å². The molecule has 0 amide bonds. The van der Waals surface area contributed by atoms with Crippen molar-refractivity contribution in [1.82, 2.24) is 18.7 Å². The average molecular weight is 455 g/mol. The summed E-state index contributed by atoms with van der Waals surface area (Å²) in [5.41, 5.74) is 1.44. The first-order valence-electron chi connectivity index (χ1n) is 10.00. The second kappa shape index (κ2) is 10.2. The molecule has 4 aromatic rings. The molecular weight excluding hydrogens is 434 g/mol. The van der Waals surface area contributed by atoms with Crippen LogP contribution >= 0.6 is 12.3 Å². The average Bonchev–Trinajstić information content (AvgIpc) is 3.28. The Hall–Kier alpha value is -3.46. The molecule has 32 heavy (non-hydrogen) atoms. The number of aromatic nitrogens is 4. The molecule has 0 aliphatic heterocycles. The van der Waals surface area contributed by atoms with E-state index in [-0.39, 0.29) is 36.2 Å². The van der Waals surface area contributed by atoms with E-state index >= 15 is 0 Å². The maximum atomic E-state index is 13.3. The summed E-state index contributed by atoms with van der Waals surface area (Å²) in [6.07, 6.45) is 6.01. The number of hydrogen-bond donors (Lipinski definition) is 0. The third-order valence-electron chi connectivity index (χ3n) is 4.88. The first kappa shape index (κ1) is 21.8. The molecule has 0 atom stereocenters. The zero-order chi connectivity index (χ0) is 22.3. The molecule has 0 saturated carbocycles. The van der Waals surface area contributed by atoms with Crippen LogP contribution < -0.4 is 10.2 Å². The molecule has 4 rings (SSSR count). The summed E-state index contributed by atoms with van der Waals surface area (Å²) in [7, 11) is 0. The van der Waals surface area contributed by atoms with Crippen molar-refractivity contribution in [2.24, 2.45) is 0 Å². The first-order valence-corrected chi connectivity index (χ1v) is 10.7. The molecule has 0 radical (unpaired) electrons. The maximum Gasteiger partial charge on any atom is 0.253 e. The lowest BCUT2D eigenvalue weighted by Crippen LogP contribution is -2.18. The van der Waals surface area contributed by atoms with Crippen molar-refractivity contribution < 1.29 is 13.0 Å². The fraction of sp³-hybridized carbons (Fsp3) is 0.174. The van der Waals surface area contributed by atoms with Crippen molar-refractivity contribution in [3.05, 3.63) is 100 Å². The summed E-state index contributed by atoms with van der Waals surface area (Å²) in [5.74, 6) is 0.0556. The minimum Gasteiger partial charge on any atom is -0.483 e. The number of rotatable bonds is 9. The van der Waals surface area contributed by atoms with Gasteiger partial charge in [0.2, 0.25) is 0 Å². The molecular formula is C23H20F2N4O2S. The Labute approximate surface area is 187 Å². The monoisotopic (exact) mass is 454 g/mol. The molecule has 0 bridgehead atoms. The maximum absolute atomic E-state index is 13.3. The van der Waals surface area contributed by atoms with E-state index in [4.69, 9.17) is 4.74 Å². The predicted molar refractivity (Wildman–Crippen MR) is 119 cm³/mol. The normalized spacial score (nSPS) is 10.9. The topological polar surface area (TPSA) is 61.9 Å². The van der Waals surface area contributed by atoms with E-state index in [0.29, 0.717) is 12.4 Å². The number of aryl methyl sites for hydroxylation is 2. The molecule has 164 valence electrons. The Morgan fingerprint density at radius 3 is 2.56 bits per heavy atom. The summed E-state index contributed by atoms with van der Waals surface area (Å²) in [6.45, 7) is 0.730. The van der Waals surface area contributed by atoms with Crippen LogP contribution in [0, 0.1) is 5.82 Å². The SMILES string of the molecule is O=c1c(OCc2ccccc2)cn(SF)nc1-c1nccn1CCCc1ccc(F)cc1. The van der Waals surface area contributed by atoms with E-state index in [9.17, 15) is 13.1 Å². The Kier molecular flexibility index (Phi) is 6.96. The highest BCUT2D eigenvalue weighted by Crippen LogP contribution is 2.19. The van der Waals surface area contributed by atoms with E-state index in [2.05, 4.69) is 10.1 Å². The van der Waals surface area contributed by atoms with Crippen molar-refractivity contribution in [2.45, 2.75) is 26.0 Å². The molecule has 0 fully saturated rings. The smallest absolute Gasteiger partial charge is 0.253 e. The van der Waals surface area contributed by atoms with Gasteiger partial charge in [-0.2, -0.15) is 9.19 Å². The standard InChI is InChI=1S/C23H20F2N4O2S/c24-19-10-8-17(9-11-19)7-4-13-28-14-12-26-23(28)21-22(30)20(15-29(27-21)32-25)31-16-18-5-2-1-3-6-18/h1-3,5-6,8-12,14-15H,4,7,13,16H2. The molecule has 2 aromatic carbocycles. The van der Waals surface area contributed by atoms with Gasteiger partial charge >= 0.3 is 0 Å². The third-order valence-corrected chi connectivity index (χ3v) is 5.21. The Bertz CT molecular complexity index is 1230. The van der Waals surface area contributed by atoms with Crippen LogP contribution in [0.25, 0.3) is 11.5 Å². The highest BCUT2D eigenvalue weighted by atomic mass is 32.2. The van der Waals surface area contributed by atoms with Gasteiger partial charge in [-0.25, -0.2) is 9.37 Å². The van der Waals surface area contributed by atoms with Gasteiger partial charge in [0.1, 0.15) is 12.4 Å². The van der Waals surface area contributed by atoms with Gasteiger partial charge in [-0.05, 0) is 36.1 Å². The third kappa shape index (κ3) is 5.23. The van der Waals surface area contributed by atoms with Crippen LogP contribution in [0.4, 0.5) is 8.28 Å². The second-order valence-electron chi connectivity index (χ2n) is 7.09. The van der Waals surface area contributed by atoms with Crippen LogP contribution in [0.15, 0.2) is 78.0 Å². The lowest BCUT2D eigenvalue weighted by Gasteiger charge is -2.11. The number of nitrogens with zero attached hydrogens (tertiary/aromatic N) is 4. The summed E-state index contributed by atoms with van der Waals surface area (Å²) in [6, 6.07) is 15.7. The van der Waals surface area contributed by atoms with Crippen LogP contribution in [0.5, 0.6) is 5.75 Å². The predicted octanol–water partition coefficient (Wildman–Crippen LogP) is 4.84. The molecule has 0 saturated heterocycles. The van der Waals surface area contributed by atoms with Crippen molar-refractivity contribution in [3.63, 3.8) is 0 Å². The molecule has 0 aliphatic rings. The van der Waals surface area contributed by atoms with Gasteiger partial charge in [0, 0.05) is 18.9 Å². The van der Waals surface area contributed by atoms with Gasteiger partial charge in [0.05, 0.1) is 6.20 Å². The number of ether oxygens (including phenoxy) is 1. The molecule has 2 aromatic heterocycles. The highest BCUT2D eigenvalue weighted by Gasteiger charge is 2.18. The summed E-state index contributed by atoms with van der Waals surface area (Å²) >= 11 is -0.134. The van der Waals surface area contributed by atoms with Crippen LogP contribution in [0.3, 0.4) is 0 Å². The zero-order valence-electron chi connectivity index (χ0n) is 17.0. The van der Waals surface area contributed by atoms with Gasteiger partial charge in [0.15, 0.2) is 29.6 Å². The minimum atomic E-state index is -0.461. The summed E-state index contributed by atoms with van der Waals surface area (Å²) in [5, 5.41) is 4.07. The van der Waals surface area contributed by atoms with Gasteiger partial charge in [-0.15, -0.1) is 3.89 Å². The van der Waals surface area contributed by atoms with Crippen molar-refractivity contribution in [3.8, 4) is 17.3 Å². The largest absolute Gasteiger partial charge is 0.483 e. The van der Waals surface area contributed by atoms with E-state index in [1.165, 1.54) is 18.3 Å². The van der Waals surface area contributed by atoms with Crippen LogP contribution in [0.1, 0.15) is 17.5 Å². The number of imidazole rings is 1.